The molecule has 1 aromatic rings. The van der Waals surface area contributed by atoms with Crippen LogP contribution in [0.25, 0.3) is 0 Å². The summed E-state index contributed by atoms with van der Waals surface area (Å²) in [5.74, 6) is -1.38. The minimum atomic E-state index is -4.73. The highest BCUT2D eigenvalue weighted by Gasteiger charge is 2.35. The second-order valence-corrected chi connectivity index (χ2v) is 3.51. The molecule has 1 rings (SSSR count). The van der Waals surface area contributed by atoms with E-state index in [1.807, 2.05) is 0 Å². The molecule has 0 amide bonds. The molecular formula is C11H12F4O. The number of benzene rings is 1. The lowest BCUT2D eigenvalue weighted by molar-refractivity contribution is -0.140. The zero-order chi connectivity index (χ0) is 12.3. The Labute approximate surface area is 90.7 Å². The molecule has 0 aliphatic heterocycles. The second kappa shape index (κ2) is 4.82. The molecule has 90 valence electrons. The summed E-state index contributed by atoms with van der Waals surface area (Å²) in [6.07, 6.45) is -5.12. The zero-order valence-electron chi connectivity index (χ0n) is 8.68. The van der Waals surface area contributed by atoms with Gasteiger partial charge >= 0.3 is 6.18 Å². The van der Waals surface area contributed by atoms with Crippen LogP contribution in [-0.2, 0) is 6.18 Å². The normalized spacial score (nSPS) is 13.9. The van der Waals surface area contributed by atoms with Crippen molar-refractivity contribution in [1.82, 2.24) is 0 Å². The molecular weight excluding hydrogens is 224 g/mol. The van der Waals surface area contributed by atoms with Gasteiger partial charge in [0.2, 0.25) is 0 Å². The molecule has 0 aliphatic carbocycles. The average molecular weight is 236 g/mol. The Morgan fingerprint density at radius 3 is 2.44 bits per heavy atom. The lowest BCUT2D eigenvalue weighted by Gasteiger charge is -2.14. The van der Waals surface area contributed by atoms with Crippen LogP contribution >= 0.6 is 0 Å². The van der Waals surface area contributed by atoms with E-state index in [9.17, 15) is 22.7 Å². The molecule has 1 aromatic carbocycles. The summed E-state index contributed by atoms with van der Waals surface area (Å²) in [5, 5.41) is 9.48. The fourth-order valence-corrected chi connectivity index (χ4v) is 1.46. The third-order valence-electron chi connectivity index (χ3n) is 2.26. The predicted molar refractivity (Wildman–Crippen MR) is 51.3 cm³/mol. The molecule has 16 heavy (non-hydrogen) atoms. The van der Waals surface area contributed by atoms with E-state index < -0.39 is 23.7 Å². The van der Waals surface area contributed by atoms with Crippen molar-refractivity contribution in [3.63, 3.8) is 0 Å². The monoisotopic (exact) mass is 236 g/mol. The molecule has 0 fully saturated rings. The van der Waals surface area contributed by atoms with E-state index in [2.05, 4.69) is 0 Å². The Morgan fingerprint density at radius 1 is 1.31 bits per heavy atom. The molecule has 1 N–H and O–H groups in total. The first-order valence-electron chi connectivity index (χ1n) is 4.91. The Kier molecular flexibility index (Phi) is 3.91. The first-order chi connectivity index (χ1) is 7.38. The SMILES string of the molecule is CCCC(O)c1cccc(C(F)(F)F)c1F. The summed E-state index contributed by atoms with van der Waals surface area (Å²) >= 11 is 0. The third kappa shape index (κ3) is 2.72. The average Bonchev–Trinajstić information content (AvgIpc) is 2.16. The van der Waals surface area contributed by atoms with E-state index in [1.54, 1.807) is 6.92 Å². The van der Waals surface area contributed by atoms with Crippen LogP contribution in [0, 0.1) is 5.82 Å². The molecule has 0 spiro atoms. The number of halogens is 4. The van der Waals surface area contributed by atoms with Crippen LogP contribution in [0.1, 0.15) is 37.0 Å². The van der Waals surface area contributed by atoms with Crippen LogP contribution in [0.5, 0.6) is 0 Å². The largest absolute Gasteiger partial charge is 0.419 e. The van der Waals surface area contributed by atoms with Crippen LogP contribution in [0.2, 0.25) is 0 Å². The van der Waals surface area contributed by atoms with Gasteiger partial charge in [-0.1, -0.05) is 25.5 Å². The van der Waals surface area contributed by atoms with Crippen LogP contribution in [0.3, 0.4) is 0 Å². The van der Waals surface area contributed by atoms with Gasteiger partial charge < -0.3 is 5.11 Å². The van der Waals surface area contributed by atoms with Crippen molar-refractivity contribution in [2.45, 2.75) is 32.0 Å². The fourth-order valence-electron chi connectivity index (χ4n) is 1.46. The summed E-state index contributed by atoms with van der Waals surface area (Å²) < 4.78 is 50.5. The van der Waals surface area contributed by atoms with Gasteiger partial charge in [0.1, 0.15) is 5.82 Å². The third-order valence-corrected chi connectivity index (χ3v) is 2.26. The van der Waals surface area contributed by atoms with E-state index in [-0.39, 0.29) is 12.0 Å². The van der Waals surface area contributed by atoms with E-state index in [4.69, 9.17) is 0 Å². The van der Waals surface area contributed by atoms with E-state index >= 15 is 0 Å². The Hall–Kier alpha value is -1.10. The second-order valence-electron chi connectivity index (χ2n) is 3.51. The van der Waals surface area contributed by atoms with Gasteiger partial charge in [0, 0.05) is 5.56 Å². The number of hydrogen-bond acceptors (Lipinski definition) is 1. The first-order valence-corrected chi connectivity index (χ1v) is 4.91. The van der Waals surface area contributed by atoms with Gasteiger partial charge in [0.25, 0.3) is 0 Å². The standard InChI is InChI=1S/C11H12F4O/c1-2-4-9(16)7-5-3-6-8(10(7)12)11(13,14)15/h3,5-6,9,16H,2,4H2,1H3. The highest BCUT2D eigenvalue weighted by Crippen LogP contribution is 2.34. The number of rotatable bonds is 3. The van der Waals surface area contributed by atoms with Gasteiger partial charge in [-0.2, -0.15) is 13.2 Å². The molecule has 0 aliphatic rings. The summed E-state index contributed by atoms with van der Waals surface area (Å²) in [6, 6.07) is 2.93. The molecule has 0 saturated heterocycles. The minimum Gasteiger partial charge on any atom is -0.388 e. The van der Waals surface area contributed by atoms with Crippen LogP contribution < -0.4 is 0 Å². The van der Waals surface area contributed by atoms with Gasteiger partial charge in [-0.25, -0.2) is 4.39 Å². The van der Waals surface area contributed by atoms with Crippen molar-refractivity contribution in [3.05, 3.63) is 35.1 Å². The van der Waals surface area contributed by atoms with Crippen molar-refractivity contribution in [2.24, 2.45) is 0 Å². The molecule has 5 heteroatoms. The highest BCUT2D eigenvalue weighted by atomic mass is 19.4. The maximum absolute atomic E-state index is 13.5. The van der Waals surface area contributed by atoms with Crippen LogP contribution in [0.15, 0.2) is 18.2 Å². The molecule has 0 bridgehead atoms. The van der Waals surface area contributed by atoms with E-state index in [0.717, 1.165) is 6.07 Å². The van der Waals surface area contributed by atoms with Crippen LogP contribution in [-0.4, -0.2) is 5.11 Å². The maximum atomic E-state index is 13.5. The highest BCUT2D eigenvalue weighted by molar-refractivity contribution is 5.29. The van der Waals surface area contributed by atoms with Crippen molar-refractivity contribution in [3.8, 4) is 0 Å². The van der Waals surface area contributed by atoms with Gasteiger partial charge in [-0.15, -0.1) is 0 Å². The smallest absolute Gasteiger partial charge is 0.388 e. The first kappa shape index (κ1) is 13.0. The lowest BCUT2D eigenvalue weighted by atomic mass is 10.0. The van der Waals surface area contributed by atoms with Crippen molar-refractivity contribution in [2.75, 3.05) is 0 Å². The molecule has 0 saturated carbocycles. The fraction of sp³-hybridized carbons (Fsp3) is 0.455. The van der Waals surface area contributed by atoms with Crippen molar-refractivity contribution < 1.29 is 22.7 Å². The van der Waals surface area contributed by atoms with Crippen LogP contribution in [0.4, 0.5) is 17.6 Å². The number of aliphatic hydroxyl groups is 1. The molecule has 0 aromatic heterocycles. The van der Waals surface area contributed by atoms with Gasteiger partial charge in [0.15, 0.2) is 0 Å². The quantitative estimate of drug-likeness (QED) is 0.794. The van der Waals surface area contributed by atoms with Gasteiger partial charge in [0.05, 0.1) is 11.7 Å². The maximum Gasteiger partial charge on any atom is 0.419 e. The molecule has 1 nitrogen and oxygen atoms in total. The Morgan fingerprint density at radius 2 is 1.94 bits per heavy atom. The van der Waals surface area contributed by atoms with E-state index in [0.29, 0.717) is 12.5 Å². The van der Waals surface area contributed by atoms with Gasteiger partial charge in [-0.3, -0.25) is 0 Å². The number of aliphatic hydroxyl groups excluding tert-OH is 1. The lowest BCUT2D eigenvalue weighted by Crippen LogP contribution is -2.11. The predicted octanol–water partition coefficient (Wildman–Crippen LogP) is 3.68. The number of hydrogen-bond donors (Lipinski definition) is 1. The van der Waals surface area contributed by atoms with Crippen molar-refractivity contribution >= 4 is 0 Å². The summed E-state index contributed by atoms with van der Waals surface area (Å²) in [4.78, 5) is 0. The zero-order valence-corrected chi connectivity index (χ0v) is 8.68. The van der Waals surface area contributed by atoms with Crippen molar-refractivity contribution in [1.29, 1.82) is 0 Å². The topological polar surface area (TPSA) is 20.2 Å². The Balaban J connectivity index is 3.14. The minimum absolute atomic E-state index is 0.234. The summed E-state index contributed by atoms with van der Waals surface area (Å²) in [6.45, 7) is 1.76. The van der Waals surface area contributed by atoms with Gasteiger partial charge in [-0.05, 0) is 12.5 Å². The molecule has 1 unspecified atom stereocenters. The molecule has 0 heterocycles. The number of alkyl halides is 3. The summed E-state index contributed by atoms with van der Waals surface area (Å²) in [5.41, 5.74) is -1.63. The van der Waals surface area contributed by atoms with E-state index in [1.165, 1.54) is 6.07 Å². The molecule has 0 radical (unpaired) electrons. The Bertz CT molecular complexity index is 359. The summed E-state index contributed by atoms with van der Waals surface area (Å²) in [7, 11) is 0. The molecule has 1 atom stereocenters.